The van der Waals surface area contributed by atoms with Gasteiger partial charge < -0.3 is 24.2 Å². The molecular formula is C18H23N3O5S. The van der Waals surface area contributed by atoms with E-state index in [1.165, 1.54) is 0 Å². The van der Waals surface area contributed by atoms with Gasteiger partial charge in [-0.25, -0.2) is 4.79 Å². The van der Waals surface area contributed by atoms with Crippen LogP contribution in [0, 0.1) is 0 Å². The molecule has 0 unspecified atom stereocenters. The maximum absolute atomic E-state index is 12.0. The summed E-state index contributed by atoms with van der Waals surface area (Å²) >= 11 is 1.57. The monoisotopic (exact) mass is 393 g/mol. The van der Waals surface area contributed by atoms with Gasteiger partial charge in [-0.15, -0.1) is 11.3 Å². The number of nitrogens with one attached hydrogen (secondary N) is 1. The molecule has 0 aliphatic carbocycles. The van der Waals surface area contributed by atoms with Crippen LogP contribution in [0.25, 0.3) is 10.6 Å². The van der Waals surface area contributed by atoms with Crippen molar-refractivity contribution in [3.05, 3.63) is 29.3 Å². The quantitative estimate of drug-likeness (QED) is 0.777. The van der Waals surface area contributed by atoms with E-state index in [1.54, 1.807) is 23.2 Å². The number of piperidine rings is 1. The molecule has 0 bridgehead atoms. The van der Waals surface area contributed by atoms with Crippen LogP contribution in [0.15, 0.2) is 28.1 Å². The summed E-state index contributed by atoms with van der Waals surface area (Å²) in [5.41, 5.74) is 0.647. The number of hydrogen-bond donors (Lipinski definition) is 1. The average Bonchev–Trinajstić information content (AvgIpc) is 3.34. The Morgan fingerprint density at radius 3 is 2.93 bits per heavy atom. The third-order valence-electron chi connectivity index (χ3n) is 4.19. The number of ether oxygens (including phenoxy) is 2. The molecule has 0 atom stereocenters. The molecule has 2 aromatic heterocycles. The first-order valence-corrected chi connectivity index (χ1v) is 9.82. The van der Waals surface area contributed by atoms with E-state index in [2.05, 4.69) is 10.5 Å². The maximum Gasteiger partial charge on any atom is 0.409 e. The highest BCUT2D eigenvalue weighted by molar-refractivity contribution is 7.13. The fourth-order valence-corrected chi connectivity index (χ4v) is 3.53. The molecule has 1 N–H and O–H groups in total. The van der Waals surface area contributed by atoms with Gasteiger partial charge in [-0.05, 0) is 31.2 Å². The third-order valence-corrected chi connectivity index (χ3v) is 5.08. The van der Waals surface area contributed by atoms with Crippen LogP contribution in [-0.4, -0.2) is 54.4 Å². The second-order valence-corrected chi connectivity index (χ2v) is 7.13. The zero-order valence-corrected chi connectivity index (χ0v) is 16.0. The first-order valence-electron chi connectivity index (χ1n) is 8.94. The third kappa shape index (κ3) is 5.54. The molecule has 0 aromatic carbocycles. The van der Waals surface area contributed by atoms with E-state index in [-0.39, 0.29) is 31.3 Å². The van der Waals surface area contributed by atoms with Crippen molar-refractivity contribution in [2.45, 2.75) is 32.4 Å². The zero-order chi connectivity index (χ0) is 19.1. The topological polar surface area (TPSA) is 93.9 Å². The number of likely N-dealkylation sites (tertiary alicyclic amines) is 1. The van der Waals surface area contributed by atoms with E-state index in [0.29, 0.717) is 44.0 Å². The Labute approximate surface area is 161 Å². The standard InChI is InChI=1S/C18H23N3O5S/c1-2-25-18(23)21-7-5-13(6-8-21)19-17(22)12-24-11-14-10-15(26-20-14)16-4-3-9-27-16/h3-4,9-10,13H,2,5-8,11-12H2,1H3,(H,19,22). The molecular weight excluding hydrogens is 370 g/mol. The molecule has 0 radical (unpaired) electrons. The smallest absolute Gasteiger partial charge is 0.409 e. The van der Waals surface area contributed by atoms with Crippen LogP contribution in [0.4, 0.5) is 4.79 Å². The molecule has 1 aliphatic heterocycles. The van der Waals surface area contributed by atoms with Crippen molar-refractivity contribution in [2.24, 2.45) is 0 Å². The van der Waals surface area contributed by atoms with Crippen molar-refractivity contribution in [2.75, 3.05) is 26.3 Å². The minimum absolute atomic E-state index is 0.0424. The highest BCUT2D eigenvalue weighted by Crippen LogP contribution is 2.25. The normalized spacial score (nSPS) is 14.9. The summed E-state index contributed by atoms with van der Waals surface area (Å²) in [5, 5.41) is 8.86. The van der Waals surface area contributed by atoms with Gasteiger partial charge in [0.15, 0.2) is 5.76 Å². The number of rotatable bonds is 7. The summed E-state index contributed by atoms with van der Waals surface area (Å²) < 4.78 is 15.7. The molecule has 27 heavy (non-hydrogen) atoms. The summed E-state index contributed by atoms with van der Waals surface area (Å²) in [6.07, 6.45) is 1.12. The summed E-state index contributed by atoms with van der Waals surface area (Å²) in [7, 11) is 0. The van der Waals surface area contributed by atoms with Crippen LogP contribution in [0.5, 0.6) is 0 Å². The molecule has 1 saturated heterocycles. The Kier molecular flexibility index (Phi) is 6.83. The summed E-state index contributed by atoms with van der Waals surface area (Å²) in [4.78, 5) is 26.4. The van der Waals surface area contributed by atoms with Crippen molar-refractivity contribution in [3.63, 3.8) is 0 Å². The van der Waals surface area contributed by atoms with E-state index in [4.69, 9.17) is 14.0 Å². The Hall–Kier alpha value is -2.39. The molecule has 0 saturated carbocycles. The highest BCUT2D eigenvalue weighted by atomic mass is 32.1. The second kappa shape index (κ2) is 9.52. The van der Waals surface area contributed by atoms with Crippen LogP contribution in [-0.2, 0) is 20.9 Å². The molecule has 2 aromatic rings. The number of aromatic nitrogens is 1. The minimum atomic E-state index is -0.292. The number of amides is 2. The van der Waals surface area contributed by atoms with Gasteiger partial charge in [0.05, 0.1) is 18.1 Å². The fraction of sp³-hybridized carbons (Fsp3) is 0.500. The summed E-state index contributed by atoms with van der Waals surface area (Å²) in [6.45, 7) is 3.48. The number of thiophene rings is 1. The lowest BCUT2D eigenvalue weighted by molar-refractivity contribution is -0.127. The van der Waals surface area contributed by atoms with Crippen molar-refractivity contribution in [1.29, 1.82) is 0 Å². The number of carbonyl (C=O) groups is 2. The van der Waals surface area contributed by atoms with Gasteiger partial charge in [0.25, 0.3) is 0 Å². The molecule has 2 amide bonds. The predicted molar refractivity (Wildman–Crippen MR) is 99.2 cm³/mol. The van der Waals surface area contributed by atoms with Gasteiger partial charge in [-0.3, -0.25) is 4.79 Å². The van der Waals surface area contributed by atoms with Crippen LogP contribution in [0.2, 0.25) is 0 Å². The Morgan fingerprint density at radius 1 is 1.41 bits per heavy atom. The number of nitrogens with zero attached hydrogens (tertiary/aromatic N) is 2. The van der Waals surface area contributed by atoms with Crippen LogP contribution in [0.1, 0.15) is 25.5 Å². The molecule has 3 rings (SSSR count). The molecule has 3 heterocycles. The van der Waals surface area contributed by atoms with Gasteiger partial charge in [0.2, 0.25) is 5.91 Å². The van der Waals surface area contributed by atoms with E-state index >= 15 is 0 Å². The fourth-order valence-electron chi connectivity index (χ4n) is 2.85. The molecule has 1 fully saturated rings. The van der Waals surface area contributed by atoms with Crippen molar-refractivity contribution >= 4 is 23.3 Å². The largest absolute Gasteiger partial charge is 0.450 e. The Bertz CT molecular complexity index is 738. The van der Waals surface area contributed by atoms with Crippen LogP contribution < -0.4 is 5.32 Å². The number of carbonyl (C=O) groups excluding carboxylic acids is 2. The number of hydrogen-bond acceptors (Lipinski definition) is 7. The van der Waals surface area contributed by atoms with Gasteiger partial charge in [-0.1, -0.05) is 11.2 Å². The molecule has 146 valence electrons. The van der Waals surface area contributed by atoms with E-state index in [1.807, 2.05) is 23.6 Å². The first-order chi connectivity index (χ1) is 13.2. The first kappa shape index (κ1) is 19.4. The minimum Gasteiger partial charge on any atom is -0.450 e. The lowest BCUT2D eigenvalue weighted by Gasteiger charge is -2.31. The van der Waals surface area contributed by atoms with E-state index in [0.717, 1.165) is 4.88 Å². The maximum atomic E-state index is 12.0. The molecule has 0 spiro atoms. The Morgan fingerprint density at radius 2 is 2.22 bits per heavy atom. The highest BCUT2D eigenvalue weighted by Gasteiger charge is 2.24. The molecule has 1 aliphatic rings. The van der Waals surface area contributed by atoms with E-state index in [9.17, 15) is 9.59 Å². The Balaban J connectivity index is 1.34. The summed E-state index contributed by atoms with van der Waals surface area (Å²) in [6, 6.07) is 5.76. The lowest BCUT2D eigenvalue weighted by Crippen LogP contribution is -2.47. The van der Waals surface area contributed by atoms with Gasteiger partial charge in [0.1, 0.15) is 12.3 Å². The second-order valence-electron chi connectivity index (χ2n) is 6.18. The van der Waals surface area contributed by atoms with Crippen molar-refractivity contribution in [1.82, 2.24) is 15.4 Å². The van der Waals surface area contributed by atoms with Crippen LogP contribution >= 0.6 is 11.3 Å². The van der Waals surface area contributed by atoms with Crippen LogP contribution in [0.3, 0.4) is 0 Å². The SMILES string of the molecule is CCOC(=O)N1CCC(NC(=O)COCc2cc(-c3cccs3)on2)CC1. The van der Waals surface area contributed by atoms with Gasteiger partial charge >= 0.3 is 6.09 Å². The summed E-state index contributed by atoms with van der Waals surface area (Å²) in [5.74, 6) is 0.521. The van der Waals surface area contributed by atoms with Gasteiger partial charge in [0, 0.05) is 25.2 Å². The van der Waals surface area contributed by atoms with Crippen molar-refractivity contribution in [3.8, 4) is 10.6 Å². The predicted octanol–water partition coefficient (Wildman–Crippen LogP) is 2.66. The zero-order valence-electron chi connectivity index (χ0n) is 15.2. The molecule has 9 heteroatoms. The molecule has 8 nitrogen and oxygen atoms in total. The van der Waals surface area contributed by atoms with Gasteiger partial charge in [-0.2, -0.15) is 0 Å². The lowest BCUT2D eigenvalue weighted by atomic mass is 10.1. The van der Waals surface area contributed by atoms with Crippen molar-refractivity contribution < 1.29 is 23.6 Å². The van der Waals surface area contributed by atoms with E-state index < -0.39 is 0 Å². The average molecular weight is 393 g/mol.